The summed E-state index contributed by atoms with van der Waals surface area (Å²) in [6.45, 7) is 1.87. The maximum Gasteiger partial charge on any atom is 0.192 e. The Kier molecular flexibility index (Phi) is 1.57. The smallest absolute Gasteiger partial charge is 0.192 e. The molecule has 0 radical (unpaired) electrons. The Morgan fingerprint density at radius 3 is 2.80 bits per heavy atom. The second-order valence-electron chi connectivity index (χ2n) is 1.95. The molecule has 1 aromatic heterocycles. The first-order chi connectivity index (χ1) is 4.68. The molecule has 5 N–H and O–H groups in total. The van der Waals surface area contributed by atoms with Gasteiger partial charge in [0.15, 0.2) is 11.8 Å². The van der Waals surface area contributed by atoms with Crippen LogP contribution in [-0.2, 0) is 0 Å². The number of aliphatic imine (C=N–C) groups is 1. The molecule has 0 saturated carbocycles. The monoisotopic (exact) mass is 139 g/mol. The molecule has 54 valence electrons. The van der Waals surface area contributed by atoms with Crippen LogP contribution in [0, 0.1) is 6.92 Å². The van der Waals surface area contributed by atoms with E-state index in [1.165, 1.54) is 0 Å². The summed E-state index contributed by atoms with van der Waals surface area (Å²) in [5, 5.41) is 6.49. The number of nitrogens with two attached hydrogens (primary N) is 2. The van der Waals surface area contributed by atoms with Crippen molar-refractivity contribution in [3.05, 3.63) is 11.8 Å². The maximum atomic E-state index is 5.11. The third kappa shape index (κ3) is 1.48. The molecule has 1 rings (SSSR count). The second-order valence-corrected chi connectivity index (χ2v) is 1.95. The van der Waals surface area contributed by atoms with Crippen LogP contribution in [0.1, 0.15) is 5.69 Å². The van der Waals surface area contributed by atoms with Gasteiger partial charge in [0.25, 0.3) is 0 Å². The lowest BCUT2D eigenvalue weighted by molar-refractivity contribution is 1.04. The van der Waals surface area contributed by atoms with Gasteiger partial charge in [-0.3, -0.25) is 5.10 Å². The van der Waals surface area contributed by atoms with Crippen LogP contribution in [0.2, 0.25) is 0 Å². The van der Waals surface area contributed by atoms with Crippen LogP contribution in [0.15, 0.2) is 11.1 Å². The van der Waals surface area contributed by atoms with Crippen LogP contribution < -0.4 is 11.5 Å². The average Bonchev–Trinajstić information content (AvgIpc) is 2.13. The molecule has 0 aliphatic heterocycles. The highest BCUT2D eigenvalue weighted by Crippen LogP contribution is 2.06. The maximum absolute atomic E-state index is 5.11. The van der Waals surface area contributed by atoms with E-state index >= 15 is 0 Å². The van der Waals surface area contributed by atoms with E-state index in [1.54, 1.807) is 6.07 Å². The molecule has 0 aliphatic rings. The fraction of sp³-hybridized carbons (Fsp3) is 0.200. The van der Waals surface area contributed by atoms with Crippen LogP contribution in [0.4, 0.5) is 5.82 Å². The largest absolute Gasteiger partial charge is 0.370 e. The highest BCUT2D eigenvalue weighted by molar-refractivity contribution is 5.78. The fourth-order valence-electron chi connectivity index (χ4n) is 0.593. The SMILES string of the molecule is Cc1cc(N=C(N)N)n[nH]1. The van der Waals surface area contributed by atoms with Crippen molar-refractivity contribution < 1.29 is 0 Å². The van der Waals surface area contributed by atoms with E-state index in [9.17, 15) is 0 Å². The molecule has 5 heteroatoms. The number of nitrogens with zero attached hydrogens (tertiary/aromatic N) is 2. The Balaban J connectivity index is 2.86. The zero-order valence-electron chi connectivity index (χ0n) is 5.63. The molecule has 0 unspecified atom stereocenters. The first kappa shape index (κ1) is 6.60. The Hall–Kier alpha value is -1.52. The van der Waals surface area contributed by atoms with Crippen molar-refractivity contribution in [3.63, 3.8) is 0 Å². The molecule has 0 bridgehead atoms. The molecule has 5 nitrogen and oxygen atoms in total. The van der Waals surface area contributed by atoms with Crippen LogP contribution in [-0.4, -0.2) is 16.2 Å². The first-order valence-corrected chi connectivity index (χ1v) is 2.80. The molecular weight excluding hydrogens is 130 g/mol. The van der Waals surface area contributed by atoms with Crippen LogP contribution >= 0.6 is 0 Å². The molecule has 1 aromatic rings. The Bertz CT molecular complexity index is 244. The van der Waals surface area contributed by atoms with Gasteiger partial charge in [-0.05, 0) is 6.92 Å². The lowest BCUT2D eigenvalue weighted by Gasteiger charge is -1.84. The van der Waals surface area contributed by atoms with Crippen LogP contribution in [0.5, 0.6) is 0 Å². The number of H-pyrrole nitrogens is 1. The van der Waals surface area contributed by atoms with Gasteiger partial charge >= 0.3 is 0 Å². The molecule has 0 aromatic carbocycles. The Labute approximate surface area is 58.1 Å². The van der Waals surface area contributed by atoms with Crippen LogP contribution in [0.25, 0.3) is 0 Å². The van der Waals surface area contributed by atoms with Crippen molar-refractivity contribution in [2.75, 3.05) is 0 Å². The summed E-state index contributed by atoms with van der Waals surface area (Å²) in [7, 11) is 0. The molecule has 0 saturated heterocycles. The van der Waals surface area contributed by atoms with Gasteiger partial charge in [-0.15, -0.1) is 0 Å². The van der Waals surface area contributed by atoms with Gasteiger partial charge in [0.05, 0.1) is 0 Å². The lowest BCUT2D eigenvalue weighted by Crippen LogP contribution is -2.21. The molecular formula is C5H9N5. The minimum atomic E-state index is 0.0199. The number of aryl methyl sites for hydroxylation is 1. The second kappa shape index (κ2) is 2.38. The number of guanidine groups is 1. The molecule has 1 heterocycles. The van der Waals surface area contributed by atoms with E-state index < -0.39 is 0 Å². The number of aromatic nitrogens is 2. The Morgan fingerprint density at radius 1 is 1.70 bits per heavy atom. The zero-order valence-corrected chi connectivity index (χ0v) is 5.63. The zero-order chi connectivity index (χ0) is 7.56. The van der Waals surface area contributed by atoms with Gasteiger partial charge in [0.2, 0.25) is 0 Å². The standard InChI is InChI=1S/C5H9N5/c1-3-2-4(10-9-3)8-5(6)7/h2H,1H3,(H5,6,7,8,9,10). The predicted octanol–water partition coefficient (Wildman–Crippen LogP) is -0.377. The number of nitrogens with one attached hydrogen (secondary N) is 1. The lowest BCUT2D eigenvalue weighted by atomic mass is 10.5. The molecule has 0 amide bonds. The summed E-state index contributed by atoms with van der Waals surface area (Å²) < 4.78 is 0. The number of hydrogen-bond acceptors (Lipinski definition) is 2. The van der Waals surface area contributed by atoms with E-state index in [-0.39, 0.29) is 5.96 Å². The van der Waals surface area contributed by atoms with Crippen molar-refractivity contribution in [2.24, 2.45) is 16.5 Å². The Morgan fingerprint density at radius 2 is 2.40 bits per heavy atom. The number of rotatable bonds is 1. The van der Waals surface area contributed by atoms with Crippen molar-refractivity contribution >= 4 is 11.8 Å². The summed E-state index contributed by atoms with van der Waals surface area (Å²) in [4.78, 5) is 3.71. The molecule has 0 fully saturated rings. The van der Waals surface area contributed by atoms with Gasteiger partial charge in [-0.2, -0.15) is 10.1 Å². The van der Waals surface area contributed by atoms with E-state index in [1.807, 2.05) is 6.92 Å². The summed E-state index contributed by atoms with van der Waals surface area (Å²) in [5.41, 5.74) is 11.1. The van der Waals surface area contributed by atoms with Crippen molar-refractivity contribution in [1.82, 2.24) is 10.2 Å². The van der Waals surface area contributed by atoms with Gasteiger partial charge in [0, 0.05) is 11.8 Å². The van der Waals surface area contributed by atoms with Crippen molar-refractivity contribution in [2.45, 2.75) is 6.92 Å². The average molecular weight is 139 g/mol. The first-order valence-electron chi connectivity index (χ1n) is 2.80. The molecule has 10 heavy (non-hydrogen) atoms. The summed E-state index contributed by atoms with van der Waals surface area (Å²) in [6, 6.07) is 1.75. The van der Waals surface area contributed by atoms with E-state index in [0.717, 1.165) is 5.69 Å². The quantitative estimate of drug-likeness (QED) is 0.366. The van der Waals surface area contributed by atoms with Crippen LogP contribution in [0.3, 0.4) is 0 Å². The van der Waals surface area contributed by atoms with Gasteiger partial charge in [-0.25, -0.2) is 0 Å². The summed E-state index contributed by atoms with van der Waals surface area (Å²) in [5.74, 6) is 0.531. The summed E-state index contributed by atoms with van der Waals surface area (Å²) in [6.07, 6.45) is 0. The van der Waals surface area contributed by atoms with E-state index in [2.05, 4.69) is 15.2 Å². The van der Waals surface area contributed by atoms with E-state index in [0.29, 0.717) is 5.82 Å². The van der Waals surface area contributed by atoms with Gasteiger partial charge < -0.3 is 11.5 Å². The highest BCUT2D eigenvalue weighted by atomic mass is 15.2. The van der Waals surface area contributed by atoms with Gasteiger partial charge in [0.1, 0.15) is 0 Å². The minimum absolute atomic E-state index is 0.0199. The van der Waals surface area contributed by atoms with E-state index in [4.69, 9.17) is 11.5 Å². The molecule has 0 spiro atoms. The van der Waals surface area contributed by atoms with Gasteiger partial charge in [-0.1, -0.05) is 0 Å². The molecule has 0 atom stereocenters. The third-order valence-electron chi connectivity index (χ3n) is 0.936. The topological polar surface area (TPSA) is 93.1 Å². The number of hydrogen-bond donors (Lipinski definition) is 3. The predicted molar refractivity (Wildman–Crippen MR) is 38.8 cm³/mol. The fourth-order valence-corrected chi connectivity index (χ4v) is 0.593. The van der Waals surface area contributed by atoms with Crippen molar-refractivity contribution in [3.8, 4) is 0 Å². The highest BCUT2D eigenvalue weighted by Gasteiger charge is 1.92. The summed E-state index contributed by atoms with van der Waals surface area (Å²) >= 11 is 0. The third-order valence-corrected chi connectivity index (χ3v) is 0.936. The van der Waals surface area contributed by atoms with Crippen molar-refractivity contribution in [1.29, 1.82) is 0 Å². The number of aromatic amines is 1. The normalized spacial score (nSPS) is 9.30. The minimum Gasteiger partial charge on any atom is -0.370 e. The molecule has 0 aliphatic carbocycles.